The molecule has 1 atom stereocenters. The van der Waals surface area contributed by atoms with Crippen LogP contribution in [0.2, 0.25) is 0 Å². The summed E-state index contributed by atoms with van der Waals surface area (Å²) in [7, 11) is 0. The summed E-state index contributed by atoms with van der Waals surface area (Å²) >= 11 is 0. The number of imidazole rings is 1. The van der Waals surface area contributed by atoms with E-state index in [0.717, 1.165) is 28.8 Å². The molecule has 5 rings (SSSR count). The van der Waals surface area contributed by atoms with Crippen molar-refractivity contribution in [2.24, 2.45) is 10.7 Å². The SMILES string of the molecule is C=CCOc1ccc(C2N=C(N)Nc3nc4cc5c(cc4n32)OCCCO5)cc1. The highest BCUT2D eigenvalue weighted by molar-refractivity contribution is 5.95. The van der Waals surface area contributed by atoms with Gasteiger partial charge in [-0.1, -0.05) is 24.8 Å². The van der Waals surface area contributed by atoms with Gasteiger partial charge in [0.2, 0.25) is 5.95 Å². The molecule has 0 saturated carbocycles. The average Bonchev–Trinajstić information content (AvgIpc) is 2.91. The van der Waals surface area contributed by atoms with Crippen LogP contribution in [0, 0.1) is 0 Å². The van der Waals surface area contributed by atoms with E-state index in [9.17, 15) is 0 Å². The Hall–Kier alpha value is -3.68. The van der Waals surface area contributed by atoms with E-state index in [1.807, 2.05) is 41.0 Å². The minimum Gasteiger partial charge on any atom is -0.490 e. The zero-order valence-corrected chi connectivity index (χ0v) is 15.8. The van der Waals surface area contributed by atoms with Crippen molar-refractivity contribution in [1.82, 2.24) is 9.55 Å². The highest BCUT2D eigenvalue weighted by Crippen LogP contribution is 2.39. The van der Waals surface area contributed by atoms with E-state index in [4.69, 9.17) is 24.9 Å². The van der Waals surface area contributed by atoms with E-state index >= 15 is 0 Å². The molecule has 3 heterocycles. The molecular formula is C21H21N5O3. The highest BCUT2D eigenvalue weighted by atomic mass is 16.5. The molecule has 0 amide bonds. The molecule has 3 N–H and O–H groups in total. The van der Waals surface area contributed by atoms with Crippen LogP contribution in [0.5, 0.6) is 17.2 Å². The van der Waals surface area contributed by atoms with E-state index in [1.165, 1.54) is 0 Å². The molecule has 0 radical (unpaired) electrons. The maximum absolute atomic E-state index is 6.04. The molecule has 3 aromatic rings. The van der Waals surface area contributed by atoms with Crippen molar-refractivity contribution in [2.45, 2.75) is 12.6 Å². The molecule has 148 valence electrons. The third-order valence-electron chi connectivity index (χ3n) is 4.85. The Kier molecular flexibility index (Phi) is 4.23. The topological polar surface area (TPSA) is 95.9 Å². The van der Waals surface area contributed by atoms with Crippen molar-refractivity contribution >= 4 is 22.9 Å². The Labute approximate surface area is 167 Å². The summed E-state index contributed by atoms with van der Waals surface area (Å²) in [5.41, 5.74) is 8.69. The molecule has 8 nitrogen and oxygen atoms in total. The van der Waals surface area contributed by atoms with Gasteiger partial charge < -0.3 is 19.9 Å². The van der Waals surface area contributed by atoms with Crippen molar-refractivity contribution in [2.75, 3.05) is 25.1 Å². The van der Waals surface area contributed by atoms with Gasteiger partial charge in [0.1, 0.15) is 12.4 Å². The van der Waals surface area contributed by atoms with Gasteiger partial charge in [-0.25, -0.2) is 9.98 Å². The number of ether oxygens (including phenoxy) is 3. The molecule has 0 bridgehead atoms. The lowest BCUT2D eigenvalue weighted by atomic mass is 10.1. The third-order valence-corrected chi connectivity index (χ3v) is 4.85. The minimum absolute atomic E-state index is 0.318. The summed E-state index contributed by atoms with van der Waals surface area (Å²) in [6.07, 6.45) is 2.21. The van der Waals surface area contributed by atoms with E-state index in [-0.39, 0.29) is 6.17 Å². The van der Waals surface area contributed by atoms with Crippen LogP contribution in [0.3, 0.4) is 0 Å². The highest BCUT2D eigenvalue weighted by Gasteiger charge is 2.27. The molecular weight excluding hydrogens is 370 g/mol. The van der Waals surface area contributed by atoms with Crippen LogP contribution in [0.4, 0.5) is 5.95 Å². The van der Waals surface area contributed by atoms with Gasteiger partial charge in [-0.05, 0) is 17.7 Å². The smallest absolute Gasteiger partial charge is 0.212 e. The number of aromatic nitrogens is 2. The first-order chi connectivity index (χ1) is 14.2. The molecule has 8 heteroatoms. The first kappa shape index (κ1) is 17.4. The number of nitrogens with one attached hydrogen (secondary N) is 1. The van der Waals surface area contributed by atoms with Crippen molar-refractivity contribution < 1.29 is 14.2 Å². The van der Waals surface area contributed by atoms with Crippen LogP contribution < -0.4 is 25.3 Å². The van der Waals surface area contributed by atoms with Crippen LogP contribution in [-0.2, 0) is 0 Å². The zero-order chi connectivity index (χ0) is 19.8. The maximum atomic E-state index is 6.04. The summed E-state index contributed by atoms with van der Waals surface area (Å²) in [6, 6.07) is 11.6. The molecule has 0 spiro atoms. The summed E-state index contributed by atoms with van der Waals surface area (Å²) in [4.78, 5) is 9.31. The van der Waals surface area contributed by atoms with Crippen molar-refractivity contribution in [3.8, 4) is 17.2 Å². The zero-order valence-electron chi connectivity index (χ0n) is 15.8. The van der Waals surface area contributed by atoms with Crippen LogP contribution in [0.1, 0.15) is 18.2 Å². The summed E-state index contributed by atoms with van der Waals surface area (Å²) in [5, 5.41) is 3.05. The number of guanidine groups is 1. The van der Waals surface area contributed by atoms with Gasteiger partial charge in [-0.15, -0.1) is 0 Å². The van der Waals surface area contributed by atoms with Gasteiger partial charge in [-0.3, -0.25) is 9.88 Å². The summed E-state index contributed by atoms with van der Waals surface area (Å²) in [5.74, 6) is 3.14. The Morgan fingerprint density at radius 3 is 2.72 bits per heavy atom. The number of nitrogens with two attached hydrogens (primary N) is 1. The van der Waals surface area contributed by atoms with Crippen molar-refractivity contribution in [1.29, 1.82) is 0 Å². The Balaban J connectivity index is 1.59. The van der Waals surface area contributed by atoms with E-state index in [0.29, 0.717) is 43.2 Å². The lowest BCUT2D eigenvalue weighted by Gasteiger charge is -2.24. The fourth-order valence-electron chi connectivity index (χ4n) is 3.54. The first-order valence-electron chi connectivity index (χ1n) is 9.48. The second-order valence-corrected chi connectivity index (χ2v) is 6.83. The second-order valence-electron chi connectivity index (χ2n) is 6.83. The summed E-state index contributed by atoms with van der Waals surface area (Å²) < 4.78 is 19.2. The van der Waals surface area contributed by atoms with Gasteiger partial charge >= 0.3 is 0 Å². The van der Waals surface area contributed by atoms with Crippen LogP contribution in [0.25, 0.3) is 11.0 Å². The fraction of sp³-hybridized carbons (Fsp3) is 0.238. The largest absolute Gasteiger partial charge is 0.490 e. The van der Waals surface area contributed by atoms with Crippen LogP contribution in [0.15, 0.2) is 54.0 Å². The number of nitrogens with zero attached hydrogens (tertiary/aromatic N) is 3. The Morgan fingerprint density at radius 2 is 1.97 bits per heavy atom. The number of hydrogen-bond donors (Lipinski definition) is 2. The predicted molar refractivity (Wildman–Crippen MR) is 111 cm³/mol. The van der Waals surface area contributed by atoms with Gasteiger partial charge in [0.05, 0.1) is 24.2 Å². The number of aliphatic imine (C=N–C) groups is 1. The molecule has 0 aliphatic carbocycles. The minimum atomic E-state index is -0.352. The quantitative estimate of drug-likeness (QED) is 0.664. The average molecular weight is 391 g/mol. The third kappa shape index (κ3) is 3.12. The first-order valence-corrected chi connectivity index (χ1v) is 9.48. The normalized spacial score (nSPS) is 17.7. The number of anilines is 1. The molecule has 29 heavy (non-hydrogen) atoms. The van der Waals surface area contributed by atoms with Gasteiger partial charge in [0.25, 0.3) is 0 Å². The Bertz CT molecular complexity index is 1100. The predicted octanol–water partition coefficient (Wildman–Crippen LogP) is 3.05. The van der Waals surface area contributed by atoms with Crippen molar-refractivity contribution in [3.05, 3.63) is 54.6 Å². The fourth-order valence-corrected chi connectivity index (χ4v) is 3.54. The lowest BCUT2D eigenvalue weighted by molar-refractivity contribution is 0.297. The molecule has 0 saturated heterocycles. The maximum Gasteiger partial charge on any atom is 0.212 e. The van der Waals surface area contributed by atoms with E-state index in [2.05, 4.69) is 16.9 Å². The van der Waals surface area contributed by atoms with E-state index in [1.54, 1.807) is 6.08 Å². The number of benzene rings is 2. The number of rotatable bonds is 4. The molecule has 2 aliphatic rings. The van der Waals surface area contributed by atoms with Crippen molar-refractivity contribution in [3.63, 3.8) is 0 Å². The number of hydrogen-bond acceptors (Lipinski definition) is 7. The van der Waals surface area contributed by atoms with Gasteiger partial charge in [-0.2, -0.15) is 0 Å². The second kappa shape index (κ2) is 7.05. The van der Waals surface area contributed by atoms with Crippen LogP contribution in [-0.4, -0.2) is 35.3 Å². The van der Waals surface area contributed by atoms with Gasteiger partial charge in [0, 0.05) is 18.6 Å². The monoisotopic (exact) mass is 391 g/mol. The van der Waals surface area contributed by atoms with Crippen LogP contribution >= 0.6 is 0 Å². The molecule has 1 unspecified atom stereocenters. The van der Waals surface area contributed by atoms with Gasteiger partial charge in [0.15, 0.2) is 23.6 Å². The lowest BCUT2D eigenvalue weighted by Crippen LogP contribution is -2.31. The summed E-state index contributed by atoms with van der Waals surface area (Å²) in [6.45, 7) is 5.38. The Morgan fingerprint density at radius 1 is 1.21 bits per heavy atom. The molecule has 0 fully saturated rings. The molecule has 2 aromatic carbocycles. The standard InChI is InChI=1S/C21H21N5O3/c1-2-8-27-14-6-4-13(5-7-14)19-24-20(22)25-21-23-15-11-17-18(12-16(15)26(19)21)29-10-3-9-28-17/h2,4-7,11-12,19H,1,3,8-10H2,(H3,22,23,24,25). The van der Waals surface area contributed by atoms with E-state index < -0.39 is 0 Å². The molecule has 2 aliphatic heterocycles. The number of fused-ring (bicyclic) bond motifs is 4. The molecule has 1 aromatic heterocycles.